The van der Waals surface area contributed by atoms with Crippen molar-refractivity contribution >= 4 is 22.9 Å². The maximum absolute atomic E-state index is 9.35. The maximum atomic E-state index is 9.35. The van der Waals surface area contributed by atoms with Crippen LogP contribution in [0.1, 0.15) is 16.7 Å². The summed E-state index contributed by atoms with van der Waals surface area (Å²) in [6.07, 6.45) is 0. The van der Waals surface area contributed by atoms with Gasteiger partial charge in [0.25, 0.3) is 0 Å². The summed E-state index contributed by atoms with van der Waals surface area (Å²) in [6.45, 7) is 3.34. The fourth-order valence-electron chi connectivity index (χ4n) is 2.33. The van der Waals surface area contributed by atoms with Gasteiger partial charge in [0.1, 0.15) is 4.99 Å². The van der Waals surface area contributed by atoms with Crippen LogP contribution in [0.4, 0.5) is 5.69 Å². The van der Waals surface area contributed by atoms with Gasteiger partial charge in [0.15, 0.2) is 0 Å². The van der Waals surface area contributed by atoms with Gasteiger partial charge in [-0.3, -0.25) is 0 Å². The van der Waals surface area contributed by atoms with Crippen LogP contribution in [0, 0.1) is 6.92 Å². The van der Waals surface area contributed by atoms with E-state index in [4.69, 9.17) is 18.0 Å². The summed E-state index contributed by atoms with van der Waals surface area (Å²) < 4.78 is 0. The van der Waals surface area contributed by atoms with Crippen molar-refractivity contribution in [2.75, 3.05) is 18.1 Å². The molecule has 0 heterocycles. The molecule has 0 radical (unpaired) electrons. The smallest absolute Gasteiger partial charge is 0.106 e. The monoisotopic (exact) mass is 300 g/mol. The molecule has 0 aromatic heterocycles. The largest absolute Gasteiger partial charge is 0.395 e. The third-order valence-corrected chi connectivity index (χ3v) is 3.56. The Morgan fingerprint density at radius 1 is 1.19 bits per heavy atom. The predicted molar refractivity (Wildman–Crippen MR) is 91.6 cm³/mol. The second-order valence-electron chi connectivity index (χ2n) is 5.02. The highest BCUT2D eigenvalue weighted by Crippen LogP contribution is 2.23. The topological polar surface area (TPSA) is 49.5 Å². The quantitative estimate of drug-likeness (QED) is 0.805. The number of aryl methyl sites for hydroxylation is 1. The Morgan fingerprint density at radius 2 is 1.90 bits per heavy atom. The van der Waals surface area contributed by atoms with E-state index in [2.05, 4.69) is 17.0 Å². The number of anilines is 1. The van der Waals surface area contributed by atoms with E-state index in [1.165, 1.54) is 5.56 Å². The van der Waals surface area contributed by atoms with E-state index in [1.807, 2.05) is 43.3 Å². The fraction of sp³-hybridized carbons (Fsp3) is 0.235. The highest BCUT2D eigenvalue weighted by atomic mass is 32.1. The van der Waals surface area contributed by atoms with Crippen molar-refractivity contribution in [3.8, 4) is 0 Å². The first-order valence-electron chi connectivity index (χ1n) is 6.92. The third-order valence-electron chi connectivity index (χ3n) is 3.34. The van der Waals surface area contributed by atoms with E-state index in [-0.39, 0.29) is 6.61 Å². The number of rotatable bonds is 6. The van der Waals surface area contributed by atoms with E-state index in [0.29, 0.717) is 18.1 Å². The first-order valence-corrected chi connectivity index (χ1v) is 7.33. The first kappa shape index (κ1) is 15.5. The van der Waals surface area contributed by atoms with Crippen LogP contribution in [0.5, 0.6) is 0 Å². The molecule has 0 unspecified atom stereocenters. The molecule has 3 N–H and O–H groups in total. The Balaban J connectivity index is 2.36. The Kier molecular flexibility index (Phi) is 5.31. The molecule has 110 valence electrons. The van der Waals surface area contributed by atoms with Gasteiger partial charge < -0.3 is 15.7 Å². The van der Waals surface area contributed by atoms with Crippen molar-refractivity contribution in [3.63, 3.8) is 0 Å². The van der Waals surface area contributed by atoms with Crippen LogP contribution in [-0.2, 0) is 6.54 Å². The van der Waals surface area contributed by atoms with Crippen LogP contribution >= 0.6 is 12.2 Å². The minimum Gasteiger partial charge on any atom is -0.395 e. The first-order chi connectivity index (χ1) is 10.1. The molecule has 4 heteroatoms. The van der Waals surface area contributed by atoms with Crippen molar-refractivity contribution in [3.05, 3.63) is 65.2 Å². The normalized spacial score (nSPS) is 10.4. The molecule has 2 aromatic carbocycles. The average Bonchev–Trinajstić information content (AvgIpc) is 2.48. The highest BCUT2D eigenvalue weighted by Gasteiger charge is 2.13. The van der Waals surface area contributed by atoms with Gasteiger partial charge in [-0.25, -0.2) is 0 Å². The number of nitrogens with two attached hydrogens (primary N) is 1. The van der Waals surface area contributed by atoms with E-state index >= 15 is 0 Å². The van der Waals surface area contributed by atoms with Crippen LogP contribution in [0.15, 0.2) is 48.5 Å². The number of hydrogen-bond acceptors (Lipinski definition) is 3. The molecule has 0 aliphatic heterocycles. The summed E-state index contributed by atoms with van der Waals surface area (Å²) in [7, 11) is 0. The standard InChI is InChI=1S/C17H20N2OS/c1-13-7-8-16(15(11-13)17(18)21)19(9-10-20)12-14-5-3-2-4-6-14/h2-8,11,20H,9-10,12H2,1H3,(H2,18,21). The highest BCUT2D eigenvalue weighted by molar-refractivity contribution is 7.80. The summed E-state index contributed by atoms with van der Waals surface area (Å²) in [5.41, 5.74) is 9.97. The Labute approximate surface area is 131 Å². The lowest BCUT2D eigenvalue weighted by Crippen LogP contribution is -2.28. The average molecular weight is 300 g/mol. The van der Waals surface area contributed by atoms with Crippen molar-refractivity contribution in [2.45, 2.75) is 13.5 Å². The molecule has 0 aliphatic carbocycles. The van der Waals surface area contributed by atoms with Crippen LogP contribution in [0.3, 0.4) is 0 Å². The van der Waals surface area contributed by atoms with Gasteiger partial charge in [0, 0.05) is 24.3 Å². The molecule has 21 heavy (non-hydrogen) atoms. The minimum atomic E-state index is 0.0808. The van der Waals surface area contributed by atoms with Gasteiger partial charge in [0.2, 0.25) is 0 Å². The van der Waals surface area contributed by atoms with Crippen molar-refractivity contribution < 1.29 is 5.11 Å². The van der Waals surface area contributed by atoms with Crippen LogP contribution in [0.25, 0.3) is 0 Å². The van der Waals surface area contributed by atoms with Crippen LogP contribution in [0.2, 0.25) is 0 Å². The lowest BCUT2D eigenvalue weighted by atomic mass is 10.1. The molecule has 0 fully saturated rings. The van der Waals surface area contributed by atoms with Crippen LogP contribution < -0.4 is 10.6 Å². The van der Waals surface area contributed by atoms with Crippen LogP contribution in [-0.4, -0.2) is 23.2 Å². The SMILES string of the molecule is Cc1ccc(N(CCO)Cc2ccccc2)c(C(N)=S)c1. The second-order valence-corrected chi connectivity index (χ2v) is 5.46. The zero-order chi connectivity index (χ0) is 15.2. The zero-order valence-corrected chi connectivity index (χ0v) is 12.9. The molecule has 0 saturated heterocycles. The molecule has 2 aromatic rings. The minimum absolute atomic E-state index is 0.0808. The van der Waals surface area contributed by atoms with E-state index in [0.717, 1.165) is 16.8 Å². The summed E-state index contributed by atoms with van der Waals surface area (Å²) in [5, 5.41) is 9.35. The summed E-state index contributed by atoms with van der Waals surface area (Å²) in [5.74, 6) is 0. The van der Waals surface area contributed by atoms with Gasteiger partial charge >= 0.3 is 0 Å². The summed E-state index contributed by atoms with van der Waals surface area (Å²) in [4.78, 5) is 2.48. The lowest BCUT2D eigenvalue weighted by Gasteiger charge is -2.26. The zero-order valence-electron chi connectivity index (χ0n) is 12.1. The molecule has 3 nitrogen and oxygen atoms in total. The van der Waals surface area contributed by atoms with Crippen molar-refractivity contribution in [1.82, 2.24) is 0 Å². The van der Waals surface area contributed by atoms with Gasteiger partial charge in [-0.05, 0) is 24.6 Å². The summed E-state index contributed by atoms with van der Waals surface area (Å²) in [6, 6.07) is 16.2. The number of nitrogens with zero attached hydrogens (tertiary/aromatic N) is 1. The van der Waals surface area contributed by atoms with Gasteiger partial charge in [-0.2, -0.15) is 0 Å². The molecular weight excluding hydrogens is 280 g/mol. The maximum Gasteiger partial charge on any atom is 0.106 e. The van der Waals surface area contributed by atoms with Gasteiger partial charge in [-0.1, -0.05) is 54.2 Å². The predicted octanol–water partition coefficient (Wildman–Crippen LogP) is 2.63. The van der Waals surface area contributed by atoms with Crippen molar-refractivity contribution in [1.29, 1.82) is 0 Å². The number of hydrogen-bond donors (Lipinski definition) is 2. The number of benzene rings is 2. The number of aliphatic hydroxyl groups excluding tert-OH is 1. The molecule has 0 spiro atoms. The fourth-order valence-corrected chi connectivity index (χ4v) is 2.50. The van der Waals surface area contributed by atoms with Crippen molar-refractivity contribution in [2.24, 2.45) is 5.73 Å². The third kappa shape index (κ3) is 4.03. The van der Waals surface area contributed by atoms with Gasteiger partial charge in [-0.15, -0.1) is 0 Å². The lowest BCUT2D eigenvalue weighted by molar-refractivity contribution is 0.301. The second kappa shape index (κ2) is 7.20. The Morgan fingerprint density at radius 3 is 2.52 bits per heavy atom. The molecular formula is C17H20N2OS. The molecule has 0 aliphatic rings. The Hall–Kier alpha value is -1.91. The molecule has 0 amide bonds. The molecule has 0 atom stereocenters. The number of aliphatic hydroxyl groups is 1. The van der Waals surface area contributed by atoms with E-state index < -0.39 is 0 Å². The molecule has 0 bridgehead atoms. The number of thiocarbonyl (C=S) groups is 1. The molecule has 2 rings (SSSR count). The Bertz CT molecular complexity index is 613. The molecule has 0 saturated carbocycles. The summed E-state index contributed by atoms with van der Waals surface area (Å²) >= 11 is 5.17. The van der Waals surface area contributed by atoms with E-state index in [1.54, 1.807) is 0 Å². The van der Waals surface area contributed by atoms with Gasteiger partial charge in [0.05, 0.1) is 6.61 Å². The van der Waals surface area contributed by atoms with E-state index in [9.17, 15) is 5.11 Å².